The summed E-state index contributed by atoms with van der Waals surface area (Å²) in [6.45, 7) is 4.06. The Hall–Kier alpha value is -2.33. The zero-order valence-corrected chi connectivity index (χ0v) is 17.5. The number of ether oxygens (including phenoxy) is 1. The van der Waals surface area contributed by atoms with Gasteiger partial charge in [-0.25, -0.2) is 0 Å². The van der Waals surface area contributed by atoms with Crippen molar-refractivity contribution in [3.63, 3.8) is 0 Å². The highest BCUT2D eigenvalue weighted by atomic mass is 16.5. The molecule has 154 valence electrons. The van der Waals surface area contributed by atoms with Gasteiger partial charge in [0.15, 0.2) is 0 Å². The Morgan fingerprint density at radius 2 is 1.69 bits per heavy atom. The number of rotatable bonds is 6. The second-order valence-electron chi connectivity index (χ2n) is 8.32. The molecule has 0 aromatic heterocycles. The molecule has 0 aliphatic carbocycles. The lowest BCUT2D eigenvalue weighted by Crippen LogP contribution is -2.53. The summed E-state index contributed by atoms with van der Waals surface area (Å²) < 4.78 is 5.29. The van der Waals surface area contributed by atoms with Crippen LogP contribution in [0.5, 0.6) is 5.75 Å². The SMILES string of the molecule is COc1cccc(CCC(=O)N2CCC(c3ccccc3)(N3CCCC3)CC2)c1. The van der Waals surface area contributed by atoms with E-state index in [1.54, 1.807) is 7.11 Å². The topological polar surface area (TPSA) is 32.8 Å². The fourth-order valence-corrected chi connectivity index (χ4v) is 5.04. The van der Waals surface area contributed by atoms with Crippen molar-refractivity contribution in [2.45, 2.75) is 44.1 Å². The van der Waals surface area contributed by atoms with Crippen molar-refractivity contribution in [2.24, 2.45) is 0 Å². The third-order valence-electron chi connectivity index (χ3n) is 6.73. The predicted molar refractivity (Wildman–Crippen MR) is 116 cm³/mol. The number of carbonyl (C=O) groups excluding carboxylic acids is 1. The molecule has 0 spiro atoms. The Kier molecular flexibility index (Phi) is 6.19. The van der Waals surface area contributed by atoms with Crippen LogP contribution in [0.4, 0.5) is 0 Å². The van der Waals surface area contributed by atoms with E-state index < -0.39 is 0 Å². The molecular weight excluding hydrogens is 360 g/mol. The normalized spacial score (nSPS) is 19.3. The van der Waals surface area contributed by atoms with Crippen molar-refractivity contribution in [2.75, 3.05) is 33.3 Å². The molecule has 29 heavy (non-hydrogen) atoms. The number of likely N-dealkylation sites (tertiary alicyclic amines) is 2. The van der Waals surface area contributed by atoms with Gasteiger partial charge in [0.05, 0.1) is 7.11 Å². The van der Waals surface area contributed by atoms with Gasteiger partial charge in [0.25, 0.3) is 0 Å². The number of aryl methyl sites for hydroxylation is 1. The van der Waals surface area contributed by atoms with Crippen molar-refractivity contribution >= 4 is 5.91 Å². The smallest absolute Gasteiger partial charge is 0.222 e. The number of hydrogen-bond acceptors (Lipinski definition) is 3. The Morgan fingerprint density at radius 3 is 2.38 bits per heavy atom. The highest BCUT2D eigenvalue weighted by Crippen LogP contribution is 2.40. The van der Waals surface area contributed by atoms with E-state index in [0.29, 0.717) is 6.42 Å². The van der Waals surface area contributed by atoms with E-state index in [1.807, 2.05) is 18.2 Å². The van der Waals surface area contributed by atoms with Gasteiger partial charge in [-0.2, -0.15) is 0 Å². The fourth-order valence-electron chi connectivity index (χ4n) is 5.04. The number of benzene rings is 2. The number of carbonyl (C=O) groups is 1. The molecule has 0 unspecified atom stereocenters. The van der Waals surface area contributed by atoms with E-state index in [1.165, 1.54) is 31.5 Å². The number of nitrogens with zero attached hydrogens (tertiary/aromatic N) is 2. The zero-order valence-electron chi connectivity index (χ0n) is 17.5. The largest absolute Gasteiger partial charge is 0.497 e. The Morgan fingerprint density at radius 1 is 0.966 bits per heavy atom. The summed E-state index contributed by atoms with van der Waals surface area (Å²) in [7, 11) is 1.68. The number of piperidine rings is 1. The molecule has 0 atom stereocenters. The standard InChI is InChI=1S/C25H32N2O2/c1-29-23-11-7-8-21(20-23)12-13-24(28)26-18-14-25(15-19-26,27-16-5-6-17-27)22-9-3-2-4-10-22/h2-4,7-11,20H,5-6,12-19H2,1H3. The summed E-state index contributed by atoms with van der Waals surface area (Å²) in [4.78, 5) is 17.6. The van der Waals surface area contributed by atoms with Crippen LogP contribution in [-0.4, -0.2) is 49.0 Å². The van der Waals surface area contributed by atoms with E-state index in [0.717, 1.165) is 43.7 Å². The van der Waals surface area contributed by atoms with Gasteiger partial charge in [-0.15, -0.1) is 0 Å². The molecule has 2 fully saturated rings. The third-order valence-corrected chi connectivity index (χ3v) is 6.73. The van der Waals surface area contributed by atoms with E-state index in [-0.39, 0.29) is 11.4 Å². The van der Waals surface area contributed by atoms with Gasteiger partial charge in [-0.1, -0.05) is 42.5 Å². The van der Waals surface area contributed by atoms with Crippen molar-refractivity contribution in [1.29, 1.82) is 0 Å². The van der Waals surface area contributed by atoms with Gasteiger partial charge in [-0.05, 0) is 68.5 Å². The highest BCUT2D eigenvalue weighted by molar-refractivity contribution is 5.76. The second kappa shape index (κ2) is 9.00. The van der Waals surface area contributed by atoms with Crippen LogP contribution in [0.15, 0.2) is 54.6 Å². The van der Waals surface area contributed by atoms with Crippen molar-refractivity contribution in [1.82, 2.24) is 9.80 Å². The molecule has 4 heteroatoms. The molecule has 2 saturated heterocycles. The molecule has 2 aliphatic heterocycles. The van der Waals surface area contributed by atoms with Gasteiger partial charge in [-0.3, -0.25) is 9.69 Å². The fraction of sp³-hybridized carbons (Fsp3) is 0.480. The maximum Gasteiger partial charge on any atom is 0.222 e. The minimum absolute atomic E-state index is 0.0985. The van der Waals surface area contributed by atoms with Crippen LogP contribution in [0.25, 0.3) is 0 Å². The summed E-state index contributed by atoms with van der Waals surface area (Å²) in [5.41, 5.74) is 2.68. The first-order chi connectivity index (χ1) is 14.2. The summed E-state index contributed by atoms with van der Waals surface area (Å²) in [6.07, 6.45) is 5.97. The van der Waals surface area contributed by atoms with Gasteiger partial charge in [0.2, 0.25) is 5.91 Å². The molecule has 2 aliphatic rings. The molecule has 0 radical (unpaired) electrons. The van der Waals surface area contributed by atoms with E-state index in [4.69, 9.17) is 4.74 Å². The molecule has 2 aromatic carbocycles. The minimum Gasteiger partial charge on any atom is -0.497 e. The van der Waals surface area contributed by atoms with Crippen LogP contribution in [0.1, 0.15) is 43.2 Å². The lowest BCUT2D eigenvalue weighted by molar-refractivity contribution is -0.134. The first kappa shape index (κ1) is 20.0. The molecule has 0 N–H and O–H groups in total. The summed E-state index contributed by atoms with van der Waals surface area (Å²) in [6, 6.07) is 19.0. The average molecular weight is 393 g/mol. The first-order valence-corrected chi connectivity index (χ1v) is 10.9. The summed E-state index contributed by atoms with van der Waals surface area (Å²) >= 11 is 0. The van der Waals surface area contributed by atoms with Crippen LogP contribution in [0, 0.1) is 0 Å². The molecule has 1 amide bonds. The van der Waals surface area contributed by atoms with E-state index in [2.05, 4.69) is 46.2 Å². The van der Waals surface area contributed by atoms with Gasteiger partial charge < -0.3 is 9.64 Å². The van der Waals surface area contributed by atoms with Crippen molar-refractivity contribution < 1.29 is 9.53 Å². The first-order valence-electron chi connectivity index (χ1n) is 10.9. The molecular formula is C25H32N2O2. The molecule has 2 aromatic rings. The van der Waals surface area contributed by atoms with Crippen LogP contribution in [0.2, 0.25) is 0 Å². The molecule has 4 rings (SSSR count). The van der Waals surface area contributed by atoms with Crippen LogP contribution in [0.3, 0.4) is 0 Å². The van der Waals surface area contributed by atoms with E-state index in [9.17, 15) is 4.79 Å². The average Bonchev–Trinajstić information content (AvgIpc) is 3.34. The number of hydrogen-bond donors (Lipinski definition) is 0. The molecule has 2 heterocycles. The van der Waals surface area contributed by atoms with Gasteiger partial charge in [0, 0.05) is 25.0 Å². The maximum absolute atomic E-state index is 12.9. The highest BCUT2D eigenvalue weighted by Gasteiger charge is 2.42. The van der Waals surface area contributed by atoms with Crippen molar-refractivity contribution in [3.8, 4) is 5.75 Å². The van der Waals surface area contributed by atoms with E-state index >= 15 is 0 Å². The van der Waals surface area contributed by atoms with Crippen molar-refractivity contribution in [3.05, 3.63) is 65.7 Å². The zero-order chi connectivity index (χ0) is 20.1. The van der Waals surface area contributed by atoms with Crippen LogP contribution in [-0.2, 0) is 16.8 Å². The maximum atomic E-state index is 12.9. The summed E-state index contributed by atoms with van der Waals surface area (Å²) in [5, 5.41) is 0. The van der Waals surface area contributed by atoms with Crippen LogP contribution < -0.4 is 4.74 Å². The molecule has 0 saturated carbocycles. The Labute approximate surface area is 174 Å². The lowest BCUT2D eigenvalue weighted by Gasteiger charge is -2.48. The minimum atomic E-state index is 0.0985. The Balaban J connectivity index is 1.39. The molecule has 0 bridgehead atoms. The predicted octanol–water partition coefficient (Wildman–Crippen LogP) is 4.24. The Bertz CT molecular complexity index is 807. The molecule has 4 nitrogen and oxygen atoms in total. The third kappa shape index (κ3) is 4.32. The van der Waals surface area contributed by atoms with Crippen LogP contribution >= 0.6 is 0 Å². The number of methoxy groups -OCH3 is 1. The quantitative estimate of drug-likeness (QED) is 0.737. The monoisotopic (exact) mass is 392 g/mol. The number of amides is 1. The lowest BCUT2D eigenvalue weighted by atomic mass is 9.79. The van der Waals surface area contributed by atoms with Gasteiger partial charge in [0.1, 0.15) is 5.75 Å². The summed E-state index contributed by atoms with van der Waals surface area (Å²) in [5.74, 6) is 1.13. The second-order valence-corrected chi connectivity index (χ2v) is 8.32. The van der Waals surface area contributed by atoms with Gasteiger partial charge >= 0.3 is 0 Å².